The molecule has 1 aliphatic heterocycles. The van der Waals surface area contributed by atoms with Gasteiger partial charge in [0.15, 0.2) is 0 Å². The van der Waals surface area contributed by atoms with Gasteiger partial charge in [-0.15, -0.1) is 28.7 Å². The van der Waals surface area contributed by atoms with Gasteiger partial charge < -0.3 is 15.0 Å². The number of anilines is 1. The molecule has 0 saturated carbocycles. The molecular formula is C32H46BrClN2O2S. The van der Waals surface area contributed by atoms with Crippen molar-refractivity contribution in [2.75, 3.05) is 17.8 Å². The zero-order valence-corrected chi connectivity index (χ0v) is 27.0. The number of nitrogens with one attached hydrogen (secondary N) is 1. The fourth-order valence-electron chi connectivity index (χ4n) is 4.72. The highest BCUT2D eigenvalue weighted by atomic mass is 79.9. The predicted molar refractivity (Wildman–Crippen MR) is 175 cm³/mol. The molecule has 0 aromatic heterocycles. The van der Waals surface area contributed by atoms with E-state index in [2.05, 4.69) is 30.3 Å². The smallest absolute Gasteiger partial charge is 0.256 e. The highest BCUT2D eigenvalue weighted by Crippen LogP contribution is 2.29. The predicted octanol–water partition coefficient (Wildman–Crippen LogP) is 10.6. The van der Waals surface area contributed by atoms with Crippen LogP contribution in [0.3, 0.4) is 0 Å². The first-order valence-electron chi connectivity index (χ1n) is 14.4. The number of unbranched alkanes of at least 4 members (excludes halogenated alkanes) is 11. The van der Waals surface area contributed by atoms with Crippen LogP contribution in [0.25, 0.3) is 0 Å². The molecule has 1 N–H and O–H groups in total. The number of nitrogens with zero attached hydrogens (tertiary/aromatic N) is 1. The first-order chi connectivity index (χ1) is 18.6. The third kappa shape index (κ3) is 12.6. The van der Waals surface area contributed by atoms with Crippen LogP contribution >= 0.6 is 40.3 Å². The number of rotatable bonds is 18. The van der Waals surface area contributed by atoms with Gasteiger partial charge in [0, 0.05) is 30.1 Å². The number of allylic oxidation sites excluding steroid dienone is 1. The molecule has 39 heavy (non-hydrogen) atoms. The Morgan fingerprint density at radius 3 is 2.23 bits per heavy atom. The molecule has 0 spiro atoms. The SMILES string of the molecule is Br.CCCCCCCCCCCCCCOc1cc(NC(=O)c2ccccc2CN2C=C(C)SC2)ccc1Cl. The van der Waals surface area contributed by atoms with Gasteiger partial charge in [0.2, 0.25) is 0 Å². The molecule has 0 saturated heterocycles. The zero-order chi connectivity index (χ0) is 27.0. The minimum absolute atomic E-state index is 0. The van der Waals surface area contributed by atoms with Crippen LogP contribution in [-0.2, 0) is 6.54 Å². The fraction of sp³-hybridized carbons (Fsp3) is 0.531. The van der Waals surface area contributed by atoms with E-state index in [4.69, 9.17) is 16.3 Å². The molecule has 3 rings (SSSR count). The van der Waals surface area contributed by atoms with Crippen LogP contribution in [0, 0.1) is 0 Å². The lowest BCUT2D eigenvalue weighted by molar-refractivity contribution is 0.102. The maximum Gasteiger partial charge on any atom is 0.256 e. The van der Waals surface area contributed by atoms with E-state index in [1.54, 1.807) is 6.07 Å². The average Bonchev–Trinajstić information content (AvgIpc) is 3.33. The van der Waals surface area contributed by atoms with Crippen LogP contribution in [0.4, 0.5) is 5.69 Å². The van der Waals surface area contributed by atoms with Crippen molar-refractivity contribution in [3.8, 4) is 5.75 Å². The number of amides is 1. The Bertz CT molecular complexity index is 1030. The van der Waals surface area contributed by atoms with Gasteiger partial charge in [0.25, 0.3) is 5.91 Å². The van der Waals surface area contributed by atoms with Gasteiger partial charge >= 0.3 is 0 Å². The first kappa shape index (κ1) is 33.6. The lowest BCUT2D eigenvalue weighted by atomic mass is 10.1. The third-order valence-corrected chi connectivity index (χ3v) is 8.24. The Morgan fingerprint density at radius 2 is 1.59 bits per heavy atom. The van der Waals surface area contributed by atoms with Gasteiger partial charge in [0.05, 0.1) is 17.5 Å². The molecule has 0 bridgehead atoms. The fourth-order valence-corrected chi connectivity index (χ4v) is 5.65. The summed E-state index contributed by atoms with van der Waals surface area (Å²) >= 11 is 8.20. The van der Waals surface area contributed by atoms with Crippen LogP contribution in [0.15, 0.2) is 53.6 Å². The van der Waals surface area contributed by atoms with Crippen molar-refractivity contribution in [3.63, 3.8) is 0 Å². The summed E-state index contributed by atoms with van der Waals surface area (Å²) in [6.45, 7) is 5.73. The molecule has 1 heterocycles. The molecule has 0 fully saturated rings. The van der Waals surface area contributed by atoms with Gasteiger partial charge in [-0.25, -0.2) is 0 Å². The Labute approximate surface area is 256 Å². The summed E-state index contributed by atoms with van der Waals surface area (Å²) in [5.41, 5.74) is 2.38. The molecule has 2 aromatic rings. The van der Waals surface area contributed by atoms with Crippen LogP contribution in [0.5, 0.6) is 5.75 Å². The standard InChI is InChI=1S/C32H45ClN2O2S.BrH/c1-3-4-5-6-7-8-9-10-11-12-13-16-21-37-31-22-28(19-20-30(31)33)34-32(36)29-18-15-14-17-27(29)24-35-23-26(2)38-25-35;/h14-15,17-20,22-23H,3-13,16,21,24-25H2,1-2H3,(H,34,36);1H. The van der Waals surface area contributed by atoms with Crippen LogP contribution in [0.1, 0.15) is 107 Å². The number of carbonyl (C=O) groups excluding carboxylic acids is 1. The Balaban J connectivity index is 0.00000533. The summed E-state index contributed by atoms with van der Waals surface area (Å²) < 4.78 is 5.98. The molecule has 0 atom stereocenters. The monoisotopic (exact) mass is 636 g/mol. The van der Waals surface area contributed by atoms with Crippen LogP contribution in [0.2, 0.25) is 5.02 Å². The number of carbonyl (C=O) groups is 1. The summed E-state index contributed by atoms with van der Waals surface area (Å²) in [5, 5.41) is 3.60. The van der Waals surface area contributed by atoms with Crippen molar-refractivity contribution in [3.05, 3.63) is 69.7 Å². The molecular weight excluding hydrogens is 592 g/mol. The highest BCUT2D eigenvalue weighted by molar-refractivity contribution is 8.93. The normalized spacial score (nSPS) is 12.7. The van der Waals surface area contributed by atoms with Gasteiger partial charge in [-0.1, -0.05) is 107 Å². The van der Waals surface area contributed by atoms with Crippen LogP contribution in [-0.4, -0.2) is 23.3 Å². The maximum absolute atomic E-state index is 13.1. The molecule has 216 valence electrons. The minimum Gasteiger partial charge on any atom is -0.492 e. The molecule has 1 aliphatic rings. The molecule has 4 nitrogen and oxygen atoms in total. The largest absolute Gasteiger partial charge is 0.492 e. The number of ether oxygens (including phenoxy) is 1. The lowest BCUT2D eigenvalue weighted by Gasteiger charge is -2.17. The maximum atomic E-state index is 13.1. The lowest BCUT2D eigenvalue weighted by Crippen LogP contribution is -2.19. The topological polar surface area (TPSA) is 41.6 Å². The van der Waals surface area contributed by atoms with Crippen molar-refractivity contribution < 1.29 is 9.53 Å². The summed E-state index contributed by atoms with van der Waals surface area (Å²) in [7, 11) is 0. The molecule has 0 aliphatic carbocycles. The number of thioether (sulfide) groups is 1. The van der Waals surface area contributed by atoms with E-state index in [-0.39, 0.29) is 22.9 Å². The van der Waals surface area contributed by atoms with E-state index in [9.17, 15) is 4.79 Å². The van der Waals surface area contributed by atoms with Gasteiger partial charge in [0.1, 0.15) is 5.75 Å². The third-order valence-electron chi connectivity index (χ3n) is 6.90. The molecule has 0 unspecified atom stereocenters. The highest BCUT2D eigenvalue weighted by Gasteiger charge is 2.16. The van der Waals surface area contributed by atoms with Crippen molar-refractivity contribution >= 4 is 51.9 Å². The van der Waals surface area contributed by atoms with Gasteiger partial charge in [-0.2, -0.15) is 0 Å². The molecule has 2 aromatic carbocycles. The molecule has 1 amide bonds. The number of benzene rings is 2. The Hall–Kier alpha value is -1.63. The zero-order valence-electron chi connectivity index (χ0n) is 23.7. The summed E-state index contributed by atoms with van der Waals surface area (Å²) in [4.78, 5) is 16.7. The Kier molecular flexibility index (Phi) is 16.7. The second-order valence-corrected chi connectivity index (χ2v) is 11.9. The minimum atomic E-state index is -0.123. The van der Waals surface area contributed by atoms with E-state index in [0.717, 1.165) is 17.9 Å². The van der Waals surface area contributed by atoms with E-state index in [1.807, 2.05) is 48.2 Å². The van der Waals surface area contributed by atoms with Gasteiger partial charge in [-0.3, -0.25) is 4.79 Å². The van der Waals surface area contributed by atoms with E-state index in [1.165, 1.54) is 75.5 Å². The average molecular weight is 638 g/mol. The quantitative estimate of drug-likeness (QED) is 0.165. The number of hydrogen-bond acceptors (Lipinski definition) is 4. The number of halogens is 2. The van der Waals surface area contributed by atoms with Crippen molar-refractivity contribution in [2.45, 2.75) is 97.4 Å². The van der Waals surface area contributed by atoms with Gasteiger partial charge in [-0.05, 0) is 42.0 Å². The second-order valence-electron chi connectivity index (χ2n) is 10.3. The summed E-state index contributed by atoms with van der Waals surface area (Å²) in [6.07, 6.45) is 17.9. The van der Waals surface area contributed by atoms with Crippen molar-refractivity contribution in [2.24, 2.45) is 0 Å². The molecule has 0 radical (unpaired) electrons. The van der Waals surface area contributed by atoms with E-state index in [0.29, 0.717) is 35.2 Å². The van der Waals surface area contributed by atoms with E-state index >= 15 is 0 Å². The summed E-state index contributed by atoms with van der Waals surface area (Å²) in [5.74, 6) is 1.41. The van der Waals surface area contributed by atoms with E-state index < -0.39 is 0 Å². The summed E-state index contributed by atoms with van der Waals surface area (Å²) in [6, 6.07) is 13.2. The number of hydrogen-bond donors (Lipinski definition) is 1. The second kappa shape index (κ2) is 19.4. The molecule has 7 heteroatoms. The Morgan fingerprint density at radius 1 is 0.949 bits per heavy atom. The van der Waals surface area contributed by atoms with Crippen molar-refractivity contribution in [1.82, 2.24) is 4.90 Å². The first-order valence-corrected chi connectivity index (χ1v) is 15.8. The van der Waals surface area contributed by atoms with Crippen LogP contribution < -0.4 is 10.1 Å². The van der Waals surface area contributed by atoms with Crippen molar-refractivity contribution in [1.29, 1.82) is 0 Å².